The van der Waals surface area contributed by atoms with Crippen LogP contribution in [0.25, 0.3) is 0 Å². The third-order valence-electron chi connectivity index (χ3n) is 4.68. The molecule has 0 radical (unpaired) electrons. The number of anilines is 1. The fraction of sp³-hybridized carbons (Fsp3) is 0.300. The van der Waals surface area contributed by atoms with Crippen molar-refractivity contribution in [1.82, 2.24) is 0 Å². The maximum absolute atomic E-state index is 12.8. The van der Waals surface area contributed by atoms with E-state index in [1.807, 2.05) is 19.2 Å². The molecule has 2 aromatic rings. The zero-order chi connectivity index (χ0) is 16.6. The average Bonchev–Trinajstić information content (AvgIpc) is 2.58. The van der Waals surface area contributed by atoms with Crippen molar-refractivity contribution in [1.29, 1.82) is 0 Å². The third kappa shape index (κ3) is 2.56. The Morgan fingerprint density at radius 3 is 2.09 bits per heavy atom. The Morgan fingerprint density at radius 1 is 0.913 bits per heavy atom. The Labute approximate surface area is 136 Å². The average molecular weight is 307 g/mol. The Bertz CT molecular complexity index is 779. The van der Waals surface area contributed by atoms with Crippen molar-refractivity contribution in [3.63, 3.8) is 0 Å². The molecule has 1 aliphatic rings. The normalized spacial score (nSPS) is 14.2. The first-order valence-electron chi connectivity index (χ1n) is 8.10. The molecule has 0 amide bonds. The van der Waals surface area contributed by atoms with E-state index in [2.05, 4.69) is 18.7 Å². The first-order chi connectivity index (χ1) is 11.0. The van der Waals surface area contributed by atoms with Gasteiger partial charge in [0.1, 0.15) is 0 Å². The van der Waals surface area contributed by atoms with Crippen LogP contribution in [0.2, 0.25) is 0 Å². The monoisotopic (exact) mass is 307 g/mol. The van der Waals surface area contributed by atoms with Gasteiger partial charge in [0.05, 0.1) is 0 Å². The van der Waals surface area contributed by atoms with Crippen molar-refractivity contribution < 1.29 is 9.59 Å². The summed E-state index contributed by atoms with van der Waals surface area (Å²) >= 11 is 0. The minimum atomic E-state index is -0.0639. The van der Waals surface area contributed by atoms with E-state index in [1.165, 1.54) is 0 Å². The molecule has 2 aromatic carbocycles. The lowest BCUT2D eigenvalue weighted by atomic mass is 9.84. The van der Waals surface area contributed by atoms with Gasteiger partial charge in [-0.2, -0.15) is 0 Å². The lowest BCUT2D eigenvalue weighted by Crippen LogP contribution is -2.29. The van der Waals surface area contributed by atoms with Crippen LogP contribution in [0.15, 0.2) is 42.5 Å². The molecule has 118 valence electrons. The van der Waals surface area contributed by atoms with Crippen molar-refractivity contribution in [2.24, 2.45) is 0 Å². The van der Waals surface area contributed by atoms with Crippen LogP contribution in [0.5, 0.6) is 0 Å². The number of rotatable bonds is 4. The van der Waals surface area contributed by atoms with E-state index in [9.17, 15) is 9.59 Å². The fourth-order valence-corrected chi connectivity index (χ4v) is 3.17. The topological polar surface area (TPSA) is 37.4 Å². The second-order valence-electron chi connectivity index (χ2n) is 6.18. The highest BCUT2D eigenvalue weighted by Gasteiger charge is 2.29. The smallest absolute Gasteiger partial charge is 0.194 e. The van der Waals surface area contributed by atoms with Gasteiger partial charge in [0, 0.05) is 41.0 Å². The SMILES string of the molecule is CCCC(C)N(C)c1ccc2c(c1)C(=O)c1ccccc1C2=O. The molecule has 1 aliphatic carbocycles. The summed E-state index contributed by atoms with van der Waals surface area (Å²) in [6, 6.07) is 13.0. The molecule has 1 atom stereocenters. The Morgan fingerprint density at radius 2 is 1.48 bits per heavy atom. The Balaban J connectivity index is 2.04. The summed E-state index contributed by atoms with van der Waals surface area (Å²) < 4.78 is 0. The van der Waals surface area contributed by atoms with Crippen LogP contribution in [0.1, 0.15) is 58.5 Å². The van der Waals surface area contributed by atoms with Crippen LogP contribution >= 0.6 is 0 Å². The van der Waals surface area contributed by atoms with E-state index in [0.29, 0.717) is 28.3 Å². The molecular weight excluding hydrogens is 286 g/mol. The second kappa shape index (κ2) is 5.99. The van der Waals surface area contributed by atoms with Crippen molar-refractivity contribution >= 4 is 17.3 Å². The van der Waals surface area contributed by atoms with Gasteiger partial charge in [-0.3, -0.25) is 9.59 Å². The highest BCUT2D eigenvalue weighted by atomic mass is 16.1. The van der Waals surface area contributed by atoms with Gasteiger partial charge >= 0.3 is 0 Å². The van der Waals surface area contributed by atoms with Gasteiger partial charge in [-0.1, -0.05) is 37.6 Å². The fourth-order valence-electron chi connectivity index (χ4n) is 3.17. The van der Waals surface area contributed by atoms with Crippen molar-refractivity contribution in [2.75, 3.05) is 11.9 Å². The Kier molecular flexibility index (Phi) is 4.03. The minimum absolute atomic E-state index is 0.0615. The lowest BCUT2D eigenvalue weighted by Gasteiger charge is -2.28. The summed E-state index contributed by atoms with van der Waals surface area (Å²) in [7, 11) is 2.03. The van der Waals surface area contributed by atoms with E-state index in [-0.39, 0.29) is 11.6 Å². The third-order valence-corrected chi connectivity index (χ3v) is 4.68. The number of hydrogen-bond donors (Lipinski definition) is 0. The highest BCUT2D eigenvalue weighted by molar-refractivity contribution is 6.28. The predicted octanol–water partition coefficient (Wildman–Crippen LogP) is 4.09. The number of carbonyl (C=O) groups excluding carboxylic acids is 2. The van der Waals surface area contributed by atoms with Crippen LogP contribution in [-0.2, 0) is 0 Å². The Hall–Kier alpha value is -2.42. The number of ketones is 2. The molecule has 3 heteroatoms. The lowest BCUT2D eigenvalue weighted by molar-refractivity contribution is 0.0979. The molecule has 3 rings (SSSR count). The van der Waals surface area contributed by atoms with E-state index < -0.39 is 0 Å². The molecule has 23 heavy (non-hydrogen) atoms. The summed E-state index contributed by atoms with van der Waals surface area (Å²) in [6.45, 7) is 4.33. The van der Waals surface area contributed by atoms with Gasteiger partial charge in [0.2, 0.25) is 0 Å². The van der Waals surface area contributed by atoms with Gasteiger partial charge in [0.15, 0.2) is 11.6 Å². The summed E-state index contributed by atoms with van der Waals surface area (Å²) in [5.74, 6) is -0.125. The van der Waals surface area contributed by atoms with Crippen molar-refractivity contribution in [3.05, 3.63) is 64.7 Å². The molecule has 0 spiro atoms. The molecule has 0 fully saturated rings. The van der Waals surface area contributed by atoms with E-state index in [1.54, 1.807) is 30.3 Å². The van der Waals surface area contributed by atoms with Crippen molar-refractivity contribution in [3.8, 4) is 0 Å². The zero-order valence-electron chi connectivity index (χ0n) is 13.8. The maximum Gasteiger partial charge on any atom is 0.194 e. The minimum Gasteiger partial charge on any atom is -0.372 e. The largest absolute Gasteiger partial charge is 0.372 e. The summed E-state index contributed by atoms with van der Waals surface area (Å²) in [5.41, 5.74) is 3.01. The first kappa shape index (κ1) is 15.5. The molecule has 0 aromatic heterocycles. The van der Waals surface area contributed by atoms with E-state index >= 15 is 0 Å². The van der Waals surface area contributed by atoms with E-state index in [0.717, 1.165) is 18.5 Å². The van der Waals surface area contributed by atoms with Gasteiger partial charge in [-0.05, 0) is 31.5 Å². The number of hydrogen-bond acceptors (Lipinski definition) is 3. The number of carbonyl (C=O) groups is 2. The predicted molar refractivity (Wildman–Crippen MR) is 92.5 cm³/mol. The van der Waals surface area contributed by atoms with Crippen LogP contribution in [0.4, 0.5) is 5.69 Å². The second-order valence-corrected chi connectivity index (χ2v) is 6.18. The van der Waals surface area contributed by atoms with Gasteiger partial charge in [0.25, 0.3) is 0 Å². The highest BCUT2D eigenvalue weighted by Crippen LogP contribution is 2.30. The van der Waals surface area contributed by atoms with E-state index in [4.69, 9.17) is 0 Å². The summed E-state index contributed by atoms with van der Waals surface area (Å²) in [4.78, 5) is 27.5. The quantitative estimate of drug-likeness (QED) is 0.728. The van der Waals surface area contributed by atoms with Gasteiger partial charge in [-0.15, -0.1) is 0 Å². The molecular formula is C20H21NO2. The molecule has 0 saturated heterocycles. The van der Waals surface area contributed by atoms with Gasteiger partial charge < -0.3 is 4.90 Å². The number of benzene rings is 2. The molecule has 0 aliphatic heterocycles. The molecule has 0 saturated carbocycles. The number of fused-ring (bicyclic) bond motifs is 2. The molecule has 0 bridgehead atoms. The van der Waals surface area contributed by atoms with Crippen LogP contribution in [0.3, 0.4) is 0 Å². The molecule has 0 heterocycles. The van der Waals surface area contributed by atoms with Gasteiger partial charge in [-0.25, -0.2) is 0 Å². The summed E-state index contributed by atoms with van der Waals surface area (Å²) in [5, 5.41) is 0. The van der Waals surface area contributed by atoms with Crippen LogP contribution in [-0.4, -0.2) is 24.7 Å². The summed E-state index contributed by atoms with van der Waals surface area (Å²) in [6.07, 6.45) is 2.20. The standard InChI is InChI=1S/C20H21NO2/c1-4-7-13(2)21(3)14-10-11-17-18(12-14)20(23)16-9-6-5-8-15(16)19(17)22/h5-6,8-13H,4,7H2,1-3H3. The zero-order valence-corrected chi connectivity index (χ0v) is 13.8. The first-order valence-corrected chi connectivity index (χ1v) is 8.10. The van der Waals surface area contributed by atoms with Crippen molar-refractivity contribution in [2.45, 2.75) is 32.7 Å². The number of nitrogens with zero attached hydrogens (tertiary/aromatic N) is 1. The van der Waals surface area contributed by atoms with Crippen LogP contribution in [0, 0.1) is 0 Å². The van der Waals surface area contributed by atoms with Crippen LogP contribution < -0.4 is 4.90 Å². The maximum atomic E-state index is 12.8. The molecule has 1 unspecified atom stereocenters. The molecule has 3 nitrogen and oxygen atoms in total. The molecule has 0 N–H and O–H groups in total.